The summed E-state index contributed by atoms with van der Waals surface area (Å²) in [6, 6.07) is 2.22. The van der Waals surface area contributed by atoms with Crippen molar-refractivity contribution >= 4 is 11.7 Å². The lowest BCUT2D eigenvalue weighted by Crippen LogP contribution is -2.37. The van der Waals surface area contributed by atoms with E-state index in [0.29, 0.717) is 5.82 Å². The van der Waals surface area contributed by atoms with Crippen LogP contribution in [-0.4, -0.2) is 22.3 Å². The second kappa shape index (κ2) is 4.73. The predicted octanol–water partition coefficient (Wildman–Crippen LogP) is 2.05. The van der Waals surface area contributed by atoms with E-state index in [1.807, 2.05) is 17.9 Å². The van der Waals surface area contributed by atoms with Crippen LogP contribution in [0.3, 0.4) is 0 Å². The van der Waals surface area contributed by atoms with Gasteiger partial charge in [0.25, 0.3) is 0 Å². The Hall–Kier alpha value is -1.58. The first-order valence-electron chi connectivity index (χ1n) is 6.09. The molecule has 1 atom stereocenters. The number of carbonyl (C=O) groups is 1. The normalized spacial score (nSPS) is 20.4. The van der Waals surface area contributed by atoms with Crippen LogP contribution < -0.4 is 5.73 Å². The molecule has 0 unspecified atom stereocenters. The Balaban J connectivity index is 2.29. The van der Waals surface area contributed by atoms with E-state index in [4.69, 9.17) is 5.73 Å². The minimum absolute atomic E-state index is 0.143. The summed E-state index contributed by atoms with van der Waals surface area (Å²) in [5, 5.41) is 0. The van der Waals surface area contributed by atoms with Gasteiger partial charge in [-0.25, -0.2) is 4.98 Å². The molecular weight excluding hydrogens is 214 g/mol. The van der Waals surface area contributed by atoms with Gasteiger partial charge in [-0.15, -0.1) is 0 Å². The van der Waals surface area contributed by atoms with Gasteiger partial charge in [0.1, 0.15) is 5.82 Å². The average Bonchev–Trinajstić information content (AvgIpc) is 2.32. The van der Waals surface area contributed by atoms with Crippen molar-refractivity contribution in [3.8, 4) is 0 Å². The highest BCUT2D eigenvalue weighted by atomic mass is 16.2. The molecule has 2 heterocycles. The van der Waals surface area contributed by atoms with E-state index in [-0.39, 0.29) is 11.9 Å². The molecule has 0 spiro atoms. The maximum atomic E-state index is 11.6. The van der Waals surface area contributed by atoms with Crippen LogP contribution in [0, 0.1) is 6.92 Å². The number of aromatic nitrogens is 1. The number of nitrogens with zero attached hydrogens (tertiary/aromatic N) is 2. The molecule has 1 aliphatic rings. The lowest BCUT2D eigenvalue weighted by Gasteiger charge is -2.35. The minimum Gasteiger partial charge on any atom is -0.383 e. The smallest absolute Gasteiger partial charge is 0.219 e. The lowest BCUT2D eigenvalue weighted by atomic mass is 9.95. The summed E-state index contributed by atoms with van der Waals surface area (Å²) >= 11 is 0. The van der Waals surface area contributed by atoms with Crippen molar-refractivity contribution in [1.82, 2.24) is 9.88 Å². The number of aryl methyl sites for hydroxylation is 1. The molecule has 1 aromatic heterocycles. The van der Waals surface area contributed by atoms with Gasteiger partial charge in [-0.2, -0.15) is 0 Å². The highest BCUT2D eigenvalue weighted by Crippen LogP contribution is 2.31. The van der Waals surface area contributed by atoms with E-state index in [2.05, 4.69) is 4.98 Å². The number of piperidine rings is 1. The number of rotatable bonds is 1. The standard InChI is InChI=1S/C13H19N3O/c1-9-7-11(8-15-13(9)14)12-5-3-4-6-16(12)10(2)17/h7-8,12H,3-6H2,1-2H3,(H2,14,15)/t12-/m0/s1. The molecule has 2 N–H and O–H groups in total. The highest BCUT2D eigenvalue weighted by molar-refractivity contribution is 5.74. The first-order chi connectivity index (χ1) is 8.09. The van der Waals surface area contributed by atoms with Crippen molar-refractivity contribution in [2.24, 2.45) is 0 Å². The van der Waals surface area contributed by atoms with Crippen LogP contribution in [0.2, 0.25) is 0 Å². The third-order valence-electron chi connectivity index (χ3n) is 3.43. The van der Waals surface area contributed by atoms with E-state index < -0.39 is 0 Å². The SMILES string of the molecule is CC(=O)N1CCCC[C@H]1c1cnc(N)c(C)c1. The zero-order valence-electron chi connectivity index (χ0n) is 10.4. The van der Waals surface area contributed by atoms with Gasteiger partial charge in [-0.05, 0) is 43.4 Å². The zero-order valence-corrected chi connectivity index (χ0v) is 10.4. The molecule has 1 saturated heterocycles. The van der Waals surface area contributed by atoms with Crippen LogP contribution in [0.4, 0.5) is 5.82 Å². The maximum absolute atomic E-state index is 11.6. The molecule has 0 bridgehead atoms. The number of nitrogen functional groups attached to an aromatic ring is 1. The highest BCUT2D eigenvalue weighted by Gasteiger charge is 2.26. The fraction of sp³-hybridized carbons (Fsp3) is 0.538. The van der Waals surface area contributed by atoms with Gasteiger partial charge < -0.3 is 10.6 Å². The number of nitrogens with two attached hydrogens (primary N) is 1. The number of likely N-dealkylation sites (tertiary alicyclic amines) is 1. The van der Waals surface area contributed by atoms with Crippen LogP contribution in [0.25, 0.3) is 0 Å². The summed E-state index contributed by atoms with van der Waals surface area (Å²) < 4.78 is 0. The monoisotopic (exact) mass is 233 g/mol. The third-order valence-corrected chi connectivity index (χ3v) is 3.43. The van der Waals surface area contributed by atoms with Gasteiger partial charge in [0, 0.05) is 19.7 Å². The molecular formula is C13H19N3O. The summed E-state index contributed by atoms with van der Waals surface area (Å²) in [5.41, 5.74) is 7.81. The zero-order chi connectivity index (χ0) is 12.4. The number of hydrogen-bond donors (Lipinski definition) is 1. The molecule has 1 aliphatic heterocycles. The van der Waals surface area contributed by atoms with Crippen molar-refractivity contribution in [1.29, 1.82) is 0 Å². The summed E-state index contributed by atoms with van der Waals surface area (Å²) in [4.78, 5) is 17.7. The quantitative estimate of drug-likeness (QED) is 0.807. The van der Waals surface area contributed by atoms with E-state index in [0.717, 1.165) is 36.9 Å². The molecule has 0 saturated carbocycles. The van der Waals surface area contributed by atoms with Crippen molar-refractivity contribution in [2.75, 3.05) is 12.3 Å². The molecule has 92 valence electrons. The largest absolute Gasteiger partial charge is 0.383 e. The summed E-state index contributed by atoms with van der Waals surface area (Å²) in [6.45, 7) is 4.44. The second-order valence-electron chi connectivity index (χ2n) is 4.69. The van der Waals surface area contributed by atoms with Crippen molar-refractivity contribution < 1.29 is 4.79 Å². The number of pyridine rings is 1. The van der Waals surface area contributed by atoms with Gasteiger partial charge in [-0.1, -0.05) is 0 Å². The van der Waals surface area contributed by atoms with Crippen LogP contribution in [0.5, 0.6) is 0 Å². The Bertz CT molecular complexity index is 431. The third kappa shape index (κ3) is 2.40. The summed E-state index contributed by atoms with van der Waals surface area (Å²) in [5.74, 6) is 0.711. The minimum atomic E-state index is 0.143. The molecule has 2 rings (SSSR count). The number of amides is 1. The topological polar surface area (TPSA) is 59.2 Å². The first kappa shape index (κ1) is 11.9. The Morgan fingerprint density at radius 3 is 2.94 bits per heavy atom. The molecule has 4 heteroatoms. The van der Waals surface area contributed by atoms with Crippen LogP contribution in [-0.2, 0) is 4.79 Å². The van der Waals surface area contributed by atoms with Gasteiger partial charge in [0.05, 0.1) is 6.04 Å². The van der Waals surface area contributed by atoms with Crippen molar-refractivity contribution in [2.45, 2.75) is 39.2 Å². The molecule has 17 heavy (non-hydrogen) atoms. The van der Waals surface area contributed by atoms with Crippen molar-refractivity contribution in [3.05, 3.63) is 23.4 Å². The first-order valence-corrected chi connectivity index (χ1v) is 6.09. The van der Waals surface area contributed by atoms with Crippen molar-refractivity contribution in [3.63, 3.8) is 0 Å². The molecule has 1 amide bonds. The van der Waals surface area contributed by atoms with Gasteiger partial charge in [0.15, 0.2) is 0 Å². The number of hydrogen-bond acceptors (Lipinski definition) is 3. The molecule has 0 aromatic carbocycles. The maximum Gasteiger partial charge on any atom is 0.219 e. The lowest BCUT2D eigenvalue weighted by molar-refractivity contribution is -0.132. The second-order valence-corrected chi connectivity index (χ2v) is 4.69. The van der Waals surface area contributed by atoms with Gasteiger partial charge >= 0.3 is 0 Å². The van der Waals surface area contributed by atoms with Gasteiger partial charge in [0.2, 0.25) is 5.91 Å². The molecule has 0 radical (unpaired) electrons. The van der Waals surface area contributed by atoms with Gasteiger partial charge in [-0.3, -0.25) is 4.79 Å². The Morgan fingerprint density at radius 1 is 1.53 bits per heavy atom. The van der Waals surface area contributed by atoms with E-state index >= 15 is 0 Å². The van der Waals surface area contributed by atoms with E-state index in [9.17, 15) is 4.79 Å². The predicted molar refractivity (Wildman–Crippen MR) is 67.4 cm³/mol. The Kier molecular flexibility index (Phi) is 3.31. The molecule has 1 fully saturated rings. The average molecular weight is 233 g/mol. The van der Waals surface area contributed by atoms with Crippen LogP contribution >= 0.6 is 0 Å². The van der Waals surface area contributed by atoms with E-state index in [1.165, 1.54) is 0 Å². The molecule has 4 nitrogen and oxygen atoms in total. The summed E-state index contributed by atoms with van der Waals surface area (Å²) in [7, 11) is 0. The van der Waals surface area contributed by atoms with Crippen LogP contribution in [0.15, 0.2) is 12.3 Å². The Morgan fingerprint density at radius 2 is 2.29 bits per heavy atom. The number of carbonyl (C=O) groups excluding carboxylic acids is 1. The fourth-order valence-corrected chi connectivity index (χ4v) is 2.44. The molecule has 1 aromatic rings. The Labute approximate surface area is 102 Å². The summed E-state index contributed by atoms with van der Waals surface area (Å²) in [6.07, 6.45) is 5.08. The fourth-order valence-electron chi connectivity index (χ4n) is 2.44. The molecule has 0 aliphatic carbocycles. The van der Waals surface area contributed by atoms with E-state index in [1.54, 1.807) is 13.1 Å². The number of anilines is 1. The van der Waals surface area contributed by atoms with Crippen LogP contribution in [0.1, 0.15) is 43.4 Å².